The summed E-state index contributed by atoms with van der Waals surface area (Å²) in [5.74, 6) is 0. The summed E-state index contributed by atoms with van der Waals surface area (Å²) in [7, 11) is 1.68. The maximum Gasteiger partial charge on any atom is 0.0433 e. The van der Waals surface area contributed by atoms with Crippen LogP contribution in [0.1, 0.15) is 23.6 Å². The largest absolute Gasteiger partial charge is 0.385 e. The molecule has 0 radical (unpaired) electrons. The van der Waals surface area contributed by atoms with Gasteiger partial charge in [-0.15, -0.1) is 0 Å². The van der Waals surface area contributed by atoms with E-state index in [1.165, 1.54) is 16.7 Å². The molecule has 1 aromatic carbocycles. The Balaban J connectivity index is 0.000000310. The molecular weight excluding hydrogens is 160 g/mol. The maximum atomic E-state index is 4.54. The zero-order valence-corrected chi connectivity index (χ0v) is 9.35. The van der Waals surface area contributed by atoms with Gasteiger partial charge in [0.25, 0.3) is 0 Å². The average molecular weight is 180 g/mol. The van der Waals surface area contributed by atoms with Gasteiger partial charge in [-0.25, -0.2) is 0 Å². The van der Waals surface area contributed by atoms with Crippen LogP contribution in [0.4, 0.5) is 0 Å². The number of methoxy groups -OCH3 is 1. The molecule has 1 nitrogen and oxygen atoms in total. The van der Waals surface area contributed by atoms with Gasteiger partial charge in [0.1, 0.15) is 0 Å². The standard InChI is InChI=1S/C9H12.C3H8O/c1-7-4-5-8(2)9(3)6-7;1-3-4-2/h4-6H,1-3H3;3H2,1-2H3. The summed E-state index contributed by atoms with van der Waals surface area (Å²) in [5, 5.41) is 0. The van der Waals surface area contributed by atoms with Crippen molar-refractivity contribution in [3.63, 3.8) is 0 Å². The second kappa shape index (κ2) is 6.67. The summed E-state index contributed by atoms with van der Waals surface area (Å²) in [5.41, 5.74) is 4.11. The highest BCUT2D eigenvalue weighted by molar-refractivity contribution is 5.28. The smallest absolute Gasteiger partial charge is 0.0433 e. The second-order valence-corrected chi connectivity index (χ2v) is 3.17. The molecular formula is C12H20O. The fourth-order valence-electron chi connectivity index (χ4n) is 0.891. The minimum absolute atomic E-state index is 0.819. The molecule has 1 heteroatoms. The molecule has 0 aliphatic heterocycles. The predicted octanol–water partition coefficient (Wildman–Crippen LogP) is 3.26. The quantitative estimate of drug-likeness (QED) is 0.644. The first-order valence-corrected chi connectivity index (χ1v) is 4.64. The van der Waals surface area contributed by atoms with Crippen LogP contribution in [0.3, 0.4) is 0 Å². The SMILES string of the molecule is CCOC.Cc1ccc(C)c(C)c1. The Morgan fingerprint density at radius 3 is 1.92 bits per heavy atom. The summed E-state index contributed by atoms with van der Waals surface area (Å²) in [6.45, 7) is 9.17. The minimum atomic E-state index is 0.819. The molecule has 0 bridgehead atoms. The number of benzene rings is 1. The van der Waals surface area contributed by atoms with Gasteiger partial charge in [-0.05, 0) is 38.8 Å². The van der Waals surface area contributed by atoms with Crippen LogP contribution in [0.15, 0.2) is 18.2 Å². The van der Waals surface area contributed by atoms with Gasteiger partial charge in [0.05, 0.1) is 0 Å². The molecule has 13 heavy (non-hydrogen) atoms. The van der Waals surface area contributed by atoms with Crippen LogP contribution >= 0.6 is 0 Å². The van der Waals surface area contributed by atoms with Crippen molar-refractivity contribution in [2.45, 2.75) is 27.7 Å². The van der Waals surface area contributed by atoms with Gasteiger partial charge in [0.15, 0.2) is 0 Å². The first kappa shape index (κ1) is 12.2. The van der Waals surface area contributed by atoms with Gasteiger partial charge in [-0.1, -0.05) is 23.8 Å². The average Bonchev–Trinajstić information content (AvgIpc) is 2.12. The molecule has 0 N–H and O–H groups in total. The predicted molar refractivity (Wildman–Crippen MR) is 58.2 cm³/mol. The summed E-state index contributed by atoms with van der Waals surface area (Å²) in [6, 6.07) is 6.50. The van der Waals surface area contributed by atoms with Crippen LogP contribution in [-0.4, -0.2) is 13.7 Å². The van der Waals surface area contributed by atoms with Crippen molar-refractivity contribution in [3.05, 3.63) is 34.9 Å². The molecule has 74 valence electrons. The molecule has 0 aliphatic rings. The van der Waals surface area contributed by atoms with Gasteiger partial charge in [0.2, 0.25) is 0 Å². The lowest BCUT2D eigenvalue weighted by atomic mass is 10.1. The minimum Gasteiger partial charge on any atom is -0.385 e. The molecule has 0 amide bonds. The molecule has 0 unspecified atom stereocenters. The van der Waals surface area contributed by atoms with Crippen molar-refractivity contribution in [1.82, 2.24) is 0 Å². The molecule has 0 heterocycles. The van der Waals surface area contributed by atoms with Crippen LogP contribution in [0, 0.1) is 20.8 Å². The van der Waals surface area contributed by atoms with Gasteiger partial charge in [-0.2, -0.15) is 0 Å². The van der Waals surface area contributed by atoms with E-state index in [0.29, 0.717) is 0 Å². The number of rotatable bonds is 1. The Labute approximate surface area is 81.7 Å². The molecule has 0 aliphatic carbocycles. The second-order valence-electron chi connectivity index (χ2n) is 3.17. The Kier molecular flexibility index (Phi) is 6.25. The van der Waals surface area contributed by atoms with E-state index in [-0.39, 0.29) is 0 Å². The van der Waals surface area contributed by atoms with Gasteiger partial charge in [-0.3, -0.25) is 0 Å². The van der Waals surface area contributed by atoms with Crippen molar-refractivity contribution < 1.29 is 4.74 Å². The highest BCUT2D eigenvalue weighted by Gasteiger charge is 1.89. The molecule has 0 fully saturated rings. The van der Waals surface area contributed by atoms with E-state index in [9.17, 15) is 0 Å². The number of aryl methyl sites for hydroxylation is 3. The molecule has 0 saturated carbocycles. The van der Waals surface area contributed by atoms with Gasteiger partial charge >= 0.3 is 0 Å². The fraction of sp³-hybridized carbons (Fsp3) is 0.500. The Hall–Kier alpha value is -0.820. The van der Waals surface area contributed by atoms with Crippen LogP contribution in [-0.2, 0) is 4.74 Å². The zero-order chi connectivity index (χ0) is 10.3. The van der Waals surface area contributed by atoms with E-state index in [2.05, 4.69) is 43.7 Å². The van der Waals surface area contributed by atoms with E-state index >= 15 is 0 Å². The summed E-state index contributed by atoms with van der Waals surface area (Å²) in [4.78, 5) is 0. The normalized spacial score (nSPS) is 9.00. The van der Waals surface area contributed by atoms with Crippen LogP contribution < -0.4 is 0 Å². The lowest BCUT2D eigenvalue weighted by Gasteiger charge is -1.98. The van der Waals surface area contributed by atoms with Gasteiger partial charge < -0.3 is 4.74 Å². The van der Waals surface area contributed by atoms with E-state index in [4.69, 9.17) is 0 Å². The molecule has 0 spiro atoms. The summed E-state index contributed by atoms with van der Waals surface area (Å²) >= 11 is 0. The lowest BCUT2D eigenvalue weighted by molar-refractivity contribution is 0.215. The summed E-state index contributed by atoms with van der Waals surface area (Å²) in [6.07, 6.45) is 0. The van der Waals surface area contributed by atoms with E-state index in [1.54, 1.807) is 7.11 Å². The molecule has 0 aromatic heterocycles. The van der Waals surface area contributed by atoms with Crippen molar-refractivity contribution in [3.8, 4) is 0 Å². The van der Waals surface area contributed by atoms with E-state index in [0.717, 1.165) is 6.61 Å². The Morgan fingerprint density at radius 2 is 1.62 bits per heavy atom. The Bertz CT molecular complexity index is 239. The van der Waals surface area contributed by atoms with Gasteiger partial charge in [0, 0.05) is 13.7 Å². The molecule has 0 saturated heterocycles. The third-order valence-corrected chi connectivity index (χ3v) is 1.95. The van der Waals surface area contributed by atoms with Crippen LogP contribution in [0.2, 0.25) is 0 Å². The van der Waals surface area contributed by atoms with Crippen molar-refractivity contribution >= 4 is 0 Å². The zero-order valence-electron chi connectivity index (χ0n) is 9.35. The van der Waals surface area contributed by atoms with E-state index in [1.807, 2.05) is 6.92 Å². The van der Waals surface area contributed by atoms with Crippen molar-refractivity contribution in [2.24, 2.45) is 0 Å². The molecule has 1 rings (SSSR count). The Morgan fingerprint density at radius 1 is 1.08 bits per heavy atom. The maximum absolute atomic E-state index is 4.54. The van der Waals surface area contributed by atoms with Crippen LogP contribution in [0.5, 0.6) is 0 Å². The van der Waals surface area contributed by atoms with E-state index < -0.39 is 0 Å². The first-order valence-electron chi connectivity index (χ1n) is 4.64. The van der Waals surface area contributed by atoms with Crippen LogP contribution in [0.25, 0.3) is 0 Å². The molecule has 0 atom stereocenters. The monoisotopic (exact) mass is 180 g/mol. The highest BCUT2D eigenvalue weighted by Crippen LogP contribution is 2.07. The van der Waals surface area contributed by atoms with Crippen molar-refractivity contribution in [2.75, 3.05) is 13.7 Å². The fourth-order valence-corrected chi connectivity index (χ4v) is 0.891. The number of hydrogen-bond acceptors (Lipinski definition) is 1. The number of hydrogen-bond donors (Lipinski definition) is 0. The highest BCUT2D eigenvalue weighted by atomic mass is 16.5. The molecule has 1 aromatic rings. The third kappa shape index (κ3) is 5.42. The summed E-state index contributed by atoms with van der Waals surface area (Å²) < 4.78 is 4.54. The third-order valence-electron chi connectivity index (χ3n) is 1.95. The lowest BCUT2D eigenvalue weighted by Crippen LogP contribution is -1.79. The topological polar surface area (TPSA) is 9.23 Å². The first-order chi connectivity index (χ1) is 6.11. The number of ether oxygens (including phenoxy) is 1. The van der Waals surface area contributed by atoms with Crippen molar-refractivity contribution in [1.29, 1.82) is 0 Å².